The molecule has 0 aromatic heterocycles. The largest absolute Gasteiger partial charge is 0.375 e. The fourth-order valence-electron chi connectivity index (χ4n) is 0.661. The molecule has 0 fully saturated rings. The van der Waals surface area contributed by atoms with E-state index < -0.39 is 10.8 Å². The Morgan fingerprint density at radius 2 is 1.86 bits per heavy atom. The highest BCUT2D eigenvalue weighted by atomic mass is 35.5. The zero-order valence-electron chi connectivity index (χ0n) is 7.99. The van der Waals surface area contributed by atoms with Gasteiger partial charge in [0.1, 0.15) is 4.87 Å². The monoisotopic (exact) mass is 214 g/mol. The smallest absolute Gasteiger partial charge is 0.287 e. The summed E-state index contributed by atoms with van der Waals surface area (Å²) in [7, 11) is 0. The van der Waals surface area contributed by atoms with E-state index >= 15 is 0 Å². The van der Waals surface area contributed by atoms with E-state index in [4.69, 9.17) is 16.5 Å². The SMILES string of the molecule is CC(C)(Cl)C(=O)OOc1ccccc1. The van der Waals surface area contributed by atoms with Gasteiger partial charge < -0.3 is 0 Å². The number of alkyl halides is 1. The van der Waals surface area contributed by atoms with E-state index in [1.54, 1.807) is 24.3 Å². The maximum absolute atomic E-state index is 11.2. The number of carbonyl (C=O) groups is 1. The number of hydrogen-bond donors (Lipinski definition) is 0. The van der Waals surface area contributed by atoms with Crippen LogP contribution in [0, 0.1) is 0 Å². The lowest BCUT2D eigenvalue weighted by Gasteiger charge is -2.12. The zero-order valence-corrected chi connectivity index (χ0v) is 8.75. The van der Waals surface area contributed by atoms with Crippen LogP contribution in [0.15, 0.2) is 30.3 Å². The molecule has 0 saturated carbocycles. The second-order valence-electron chi connectivity index (χ2n) is 3.24. The fraction of sp³-hybridized carbons (Fsp3) is 0.300. The summed E-state index contributed by atoms with van der Waals surface area (Å²) >= 11 is 5.70. The summed E-state index contributed by atoms with van der Waals surface area (Å²) in [4.78, 5) is 19.4. The van der Waals surface area contributed by atoms with Crippen molar-refractivity contribution in [2.75, 3.05) is 0 Å². The molecule has 1 rings (SSSR count). The van der Waals surface area contributed by atoms with Crippen LogP contribution in [0.25, 0.3) is 0 Å². The van der Waals surface area contributed by atoms with Gasteiger partial charge in [0, 0.05) is 0 Å². The first kappa shape index (κ1) is 10.9. The average molecular weight is 215 g/mol. The summed E-state index contributed by atoms with van der Waals surface area (Å²) in [5.41, 5.74) is 0. The number of halogens is 1. The minimum atomic E-state index is -1.07. The fourth-order valence-corrected chi connectivity index (χ4v) is 0.693. The summed E-state index contributed by atoms with van der Waals surface area (Å²) in [5, 5.41) is 0. The summed E-state index contributed by atoms with van der Waals surface area (Å²) < 4.78 is 0. The van der Waals surface area contributed by atoms with Crippen molar-refractivity contribution >= 4 is 17.6 Å². The Hall–Kier alpha value is -1.22. The molecule has 3 nitrogen and oxygen atoms in total. The molecular weight excluding hydrogens is 204 g/mol. The minimum absolute atomic E-state index is 0.460. The lowest BCUT2D eigenvalue weighted by Crippen LogP contribution is -2.28. The Morgan fingerprint density at radius 3 is 2.36 bits per heavy atom. The highest BCUT2D eigenvalue weighted by Gasteiger charge is 2.27. The number of benzene rings is 1. The molecule has 0 amide bonds. The van der Waals surface area contributed by atoms with E-state index in [1.165, 1.54) is 13.8 Å². The van der Waals surface area contributed by atoms with Gasteiger partial charge in [0.25, 0.3) is 0 Å². The molecule has 0 radical (unpaired) electrons. The normalized spacial score (nSPS) is 10.8. The first-order valence-electron chi connectivity index (χ1n) is 4.13. The van der Waals surface area contributed by atoms with E-state index in [0.29, 0.717) is 5.75 Å². The molecule has 1 aromatic carbocycles. The molecule has 0 heterocycles. The van der Waals surface area contributed by atoms with Crippen LogP contribution in [0.5, 0.6) is 5.75 Å². The van der Waals surface area contributed by atoms with Crippen LogP contribution in [0.4, 0.5) is 0 Å². The predicted molar refractivity (Wildman–Crippen MR) is 53.1 cm³/mol. The van der Waals surface area contributed by atoms with Crippen LogP contribution in [-0.2, 0) is 9.68 Å². The zero-order chi connectivity index (χ0) is 10.6. The van der Waals surface area contributed by atoms with Gasteiger partial charge in [0.15, 0.2) is 5.75 Å². The molecule has 0 aliphatic heterocycles. The molecule has 0 N–H and O–H groups in total. The Kier molecular flexibility index (Phi) is 3.36. The number of rotatable bonds is 3. The van der Waals surface area contributed by atoms with Crippen molar-refractivity contribution < 1.29 is 14.6 Å². The van der Waals surface area contributed by atoms with Gasteiger partial charge in [0.2, 0.25) is 0 Å². The topological polar surface area (TPSA) is 35.5 Å². The van der Waals surface area contributed by atoms with Crippen molar-refractivity contribution in [3.63, 3.8) is 0 Å². The quantitative estimate of drug-likeness (QED) is 0.441. The van der Waals surface area contributed by atoms with E-state index in [2.05, 4.69) is 4.89 Å². The van der Waals surface area contributed by atoms with Crippen molar-refractivity contribution in [3.05, 3.63) is 30.3 Å². The van der Waals surface area contributed by atoms with Gasteiger partial charge >= 0.3 is 5.97 Å². The van der Waals surface area contributed by atoms with Crippen molar-refractivity contribution in [2.24, 2.45) is 0 Å². The predicted octanol–water partition coefficient (Wildman–Crippen LogP) is 2.54. The van der Waals surface area contributed by atoms with Crippen molar-refractivity contribution in [1.29, 1.82) is 0 Å². The third kappa shape index (κ3) is 3.26. The van der Waals surface area contributed by atoms with Gasteiger partial charge in [-0.1, -0.05) is 18.2 Å². The van der Waals surface area contributed by atoms with E-state index in [-0.39, 0.29) is 0 Å². The molecular formula is C10H11ClO3. The highest BCUT2D eigenvalue weighted by molar-refractivity contribution is 6.33. The maximum atomic E-state index is 11.2. The van der Waals surface area contributed by atoms with E-state index in [1.807, 2.05) is 6.07 Å². The molecule has 0 bridgehead atoms. The highest BCUT2D eigenvalue weighted by Crippen LogP contribution is 2.16. The minimum Gasteiger partial charge on any atom is -0.287 e. The molecule has 0 spiro atoms. The van der Waals surface area contributed by atoms with E-state index in [9.17, 15) is 4.79 Å². The van der Waals surface area contributed by atoms with Crippen LogP contribution in [0.2, 0.25) is 0 Å². The standard InChI is InChI=1S/C10H11ClO3/c1-10(2,11)9(12)14-13-8-6-4-3-5-7-8/h3-7H,1-2H3. The van der Waals surface area contributed by atoms with Crippen molar-refractivity contribution in [3.8, 4) is 5.75 Å². The molecule has 0 atom stereocenters. The number of para-hydroxylation sites is 1. The van der Waals surface area contributed by atoms with Crippen molar-refractivity contribution in [1.82, 2.24) is 0 Å². The van der Waals surface area contributed by atoms with Gasteiger partial charge in [-0.25, -0.2) is 9.68 Å². The third-order valence-electron chi connectivity index (χ3n) is 1.44. The number of carbonyl (C=O) groups excluding carboxylic acids is 1. The Morgan fingerprint density at radius 1 is 1.29 bits per heavy atom. The van der Waals surface area contributed by atoms with Crippen LogP contribution in [0.3, 0.4) is 0 Å². The van der Waals surface area contributed by atoms with E-state index in [0.717, 1.165) is 0 Å². The molecule has 0 unspecified atom stereocenters. The lowest BCUT2D eigenvalue weighted by molar-refractivity contribution is -0.216. The lowest BCUT2D eigenvalue weighted by atomic mass is 10.2. The summed E-state index contributed by atoms with van der Waals surface area (Å²) in [6.45, 7) is 3.07. The molecule has 14 heavy (non-hydrogen) atoms. The van der Waals surface area contributed by atoms with Gasteiger partial charge in [-0.2, -0.15) is 0 Å². The Bertz CT molecular complexity index is 303. The summed E-state index contributed by atoms with van der Waals surface area (Å²) in [6.07, 6.45) is 0. The van der Waals surface area contributed by atoms with Gasteiger partial charge in [-0.15, -0.1) is 11.6 Å². The van der Waals surface area contributed by atoms with Gasteiger partial charge in [-0.05, 0) is 26.0 Å². The molecule has 0 saturated heterocycles. The first-order valence-corrected chi connectivity index (χ1v) is 4.51. The van der Waals surface area contributed by atoms with Gasteiger partial charge in [0.05, 0.1) is 0 Å². The maximum Gasteiger partial charge on any atom is 0.375 e. The first-order chi connectivity index (χ1) is 6.50. The molecule has 0 aliphatic carbocycles. The van der Waals surface area contributed by atoms with Crippen LogP contribution < -0.4 is 4.89 Å². The second kappa shape index (κ2) is 4.33. The Labute approximate surface area is 87.5 Å². The molecule has 4 heteroatoms. The Balaban J connectivity index is 2.46. The molecule has 1 aromatic rings. The molecule has 76 valence electrons. The van der Waals surface area contributed by atoms with Crippen LogP contribution in [-0.4, -0.2) is 10.8 Å². The van der Waals surface area contributed by atoms with Crippen molar-refractivity contribution in [2.45, 2.75) is 18.7 Å². The van der Waals surface area contributed by atoms with Crippen LogP contribution >= 0.6 is 11.6 Å². The summed E-state index contributed by atoms with van der Waals surface area (Å²) in [5.74, 6) is -0.162. The average Bonchev–Trinajstić information content (AvgIpc) is 2.14. The number of hydrogen-bond acceptors (Lipinski definition) is 3. The van der Waals surface area contributed by atoms with Crippen LogP contribution in [0.1, 0.15) is 13.8 Å². The second-order valence-corrected chi connectivity index (χ2v) is 4.18. The third-order valence-corrected chi connectivity index (χ3v) is 1.60. The molecule has 0 aliphatic rings. The van der Waals surface area contributed by atoms with Gasteiger partial charge in [-0.3, -0.25) is 4.89 Å². The summed E-state index contributed by atoms with van der Waals surface area (Å²) in [6, 6.07) is 8.73.